The van der Waals surface area contributed by atoms with Crippen LogP contribution in [0.5, 0.6) is 0 Å². The molecular formula is C15H13FN6O. The Morgan fingerprint density at radius 1 is 1.17 bits per heavy atom. The first-order chi connectivity index (χ1) is 11.1. The molecule has 23 heavy (non-hydrogen) atoms. The summed E-state index contributed by atoms with van der Waals surface area (Å²) < 4.78 is 14.4. The second-order valence-electron chi connectivity index (χ2n) is 4.71. The van der Waals surface area contributed by atoms with Crippen molar-refractivity contribution in [2.45, 2.75) is 6.92 Å². The predicted molar refractivity (Wildman–Crippen MR) is 81.4 cm³/mol. The summed E-state index contributed by atoms with van der Waals surface area (Å²) in [5, 5.41) is 7.81. The topological polar surface area (TPSA) is 84.7 Å². The van der Waals surface area contributed by atoms with Crippen LogP contribution in [0.15, 0.2) is 48.7 Å². The van der Waals surface area contributed by atoms with Gasteiger partial charge < -0.3 is 0 Å². The minimum Gasteiger partial charge on any atom is -0.282 e. The van der Waals surface area contributed by atoms with Gasteiger partial charge in [-0.3, -0.25) is 15.6 Å². The van der Waals surface area contributed by atoms with Crippen LogP contribution in [0.4, 0.5) is 10.2 Å². The zero-order chi connectivity index (χ0) is 16.2. The van der Waals surface area contributed by atoms with E-state index in [2.05, 4.69) is 26.1 Å². The van der Waals surface area contributed by atoms with Crippen LogP contribution in [0, 0.1) is 12.7 Å². The monoisotopic (exact) mass is 312 g/mol. The molecule has 0 spiro atoms. The van der Waals surface area contributed by atoms with Gasteiger partial charge in [0, 0.05) is 6.20 Å². The van der Waals surface area contributed by atoms with E-state index in [0.29, 0.717) is 17.2 Å². The van der Waals surface area contributed by atoms with E-state index in [1.54, 1.807) is 43.5 Å². The van der Waals surface area contributed by atoms with E-state index in [-0.39, 0.29) is 11.5 Å². The second-order valence-corrected chi connectivity index (χ2v) is 4.71. The molecule has 3 rings (SSSR count). The SMILES string of the molecule is Cc1c(C(=O)NNc2ccccn2)nnn1-c1ccc(F)cc1. The van der Waals surface area contributed by atoms with E-state index >= 15 is 0 Å². The van der Waals surface area contributed by atoms with Crippen LogP contribution in [0.3, 0.4) is 0 Å². The third-order valence-electron chi connectivity index (χ3n) is 3.15. The molecule has 0 saturated carbocycles. The molecule has 0 radical (unpaired) electrons. The number of carbonyl (C=O) groups excluding carboxylic acids is 1. The molecule has 0 bridgehead atoms. The maximum absolute atomic E-state index is 13.0. The van der Waals surface area contributed by atoms with Crippen LogP contribution < -0.4 is 10.9 Å². The Balaban J connectivity index is 1.76. The lowest BCUT2D eigenvalue weighted by Crippen LogP contribution is -2.30. The summed E-state index contributed by atoms with van der Waals surface area (Å²) in [6.07, 6.45) is 1.60. The zero-order valence-electron chi connectivity index (χ0n) is 12.2. The van der Waals surface area contributed by atoms with Crippen LogP contribution >= 0.6 is 0 Å². The Bertz CT molecular complexity index is 816. The van der Waals surface area contributed by atoms with Gasteiger partial charge in [-0.1, -0.05) is 11.3 Å². The van der Waals surface area contributed by atoms with Crippen molar-refractivity contribution in [1.82, 2.24) is 25.4 Å². The first-order valence-electron chi connectivity index (χ1n) is 6.81. The molecule has 2 heterocycles. The normalized spacial score (nSPS) is 10.3. The fourth-order valence-electron chi connectivity index (χ4n) is 1.98. The molecule has 0 fully saturated rings. The second kappa shape index (κ2) is 6.22. The number of anilines is 1. The van der Waals surface area contributed by atoms with Gasteiger partial charge >= 0.3 is 0 Å². The van der Waals surface area contributed by atoms with Crippen molar-refractivity contribution in [3.63, 3.8) is 0 Å². The lowest BCUT2D eigenvalue weighted by molar-refractivity contribution is 0.0957. The Hall–Kier alpha value is -3.29. The van der Waals surface area contributed by atoms with E-state index in [1.165, 1.54) is 16.8 Å². The Morgan fingerprint density at radius 2 is 1.96 bits per heavy atom. The summed E-state index contributed by atoms with van der Waals surface area (Å²) in [5.41, 5.74) is 6.51. The summed E-state index contributed by atoms with van der Waals surface area (Å²) >= 11 is 0. The molecule has 1 amide bonds. The number of aromatic nitrogens is 4. The van der Waals surface area contributed by atoms with Crippen molar-refractivity contribution in [3.05, 3.63) is 65.9 Å². The third kappa shape index (κ3) is 3.15. The van der Waals surface area contributed by atoms with Gasteiger partial charge in [0.25, 0.3) is 5.91 Å². The number of carbonyl (C=O) groups is 1. The first-order valence-corrected chi connectivity index (χ1v) is 6.81. The standard InChI is InChI=1S/C15H13FN6O/c1-10-14(15(23)20-18-13-4-2-3-9-17-13)19-21-22(10)12-7-5-11(16)6-8-12/h2-9H,1H3,(H,17,18)(H,20,23). The van der Waals surface area contributed by atoms with Crippen molar-refractivity contribution in [1.29, 1.82) is 0 Å². The summed E-state index contributed by atoms with van der Waals surface area (Å²) in [5.74, 6) is -0.282. The predicted octanol–water partition coefficient (Wildman–Crippen LogP) is 1.87. The van der Waals surface area contributed by atoms with E-state index < -0.39 is 5.91 Å². The number of benzene rings is 1. The lowest BCUT2D eigenvalue weighted by Gasteiger charge is -2.06. The molecule has 0 aliphatic rings. The smallest absolute Gasteiger partial charge is 0.282 e. The molecule has 2 aromatic heterocycles. The van der Waals surface area contributed by atoms with Crippen molar-refractivity contribution >= 4 is 11.7 Å². The van der Waals surface area contributed by atoms with Crippen molar-refractivity contribution < 1.29 is 9.18 Å². The highest BCUT2D eigenvalue weighted by molar-refractivity contribution is 5.93. The number of pyridine rings is 1. The first kappa shape index (κ1) is 14.6. The van der Waals surface area contributed by atoms with Crippen LogP contribution in [0.25, 0.3) is 5.69 Å². The molecule has 3 aromatic rings. The average molecular weight is 312 g/mol. The van der Waals surface area contributed by atoms with Crippen LogP contribution in [-0.2, 0) is 0 Å². The zero-order valence-corrected chi connectivity index (χ0v) is 12.2. The Kier molecular flexibility index (Phi) is 3.96. The van der Waals surface area contributed by atoms with Crippen molar-refractivity contribution in [2.24, 2.45) is 0 Å². The molecule has 7 nitrogen and oxygen atoms in total. The van der Waals surface area contributed by atoms with Gasteiger partial charge in [-0.25, -0.2) is 14.1 Å². The van der Waals surface area contributed by atoms with Crippen LogP contribution in [0.1, 0.15) is 16.2 Å². The fraction of sp³-hybridized carbons (Fsp3) is 0.0667. The maximum atomic E-state index is 13.0. The van der Waals surface area contributed by atoms with E-state index in [0.717, 1.165) is 0 Å². The largest absolute Gasteiger partial charge is 0.292 e. The van der Waals surface area contributed by atoms with Crippen LogP contribution in [-0.4, -0.2) is 25.9 Å². The molecule has 0 aliphatic carbocycles. The van der Waals surface area contributed by atoms with Crippen LogP contribution in [0.2, 0.25) is 0 Å². The molecule has 116 valence electrons. The summed E-state index contributed by atoms with van der Waals surface area (Å²) in [6.45, 7) is 1.71. The van der Waals surface area contributed by atoms with E-state index in [4.69, 9.17) is 0 Å². The third-order valence-corrected chi connectivity index (χ3v) is 3.15. The summed E-state index contributed by atoms with van der Waals surface area (Å²) in [6, 6.07) is 11.0. The quantitative estimate of drug-likeness (QED) is 0.718. The number of hydrazine groups is 1. The molecule has 0 atom stereocenters. The summed E-state index contributed by atoms with van der Waals surface area (Å²) in [4.78, 5) is 16.2. The van der Waals surface area contributed by atoms with E-state index in [9.17, 15) is 9.18 Å². The minimum absolute atomic E-state index is 0.165. The highest BCUT2D eigenvalue weighted by Crippen LogP contribution is 2.12. The highest BCUT2D eigenvalue weighted by atomic mass is 19.1. The van der Waals surface area contributed by atoms with Gasteiger partial charge in [0.15, 0.2) is 5.69 Å². The Labute approximate surface area is 131 Å². The lowest BCUT2D eigenvalue weighted by atomic mass is 10.3. The van der Waals surface area contributed by atoms with Gasteiger partial charge in [0.1, 0.15) is 11.6 Å². The van der Waals surface area contributed by atoms with E-state index in [1.807, 2.05) is 0 Å². The fourth-order valence-corrected chi connectivity index (χ4v) is 1.98. The number of nitrogens with zero attached hydrogens (tertiary/aromatic N) is 4. The maximum Gasteiger partial charge on any atom is 0.292 e. The highest BCUT2D eigenvalue weighted by Gasteiger charge is 2.17. The molecular weight excluding hydrogens is 299 g/mol. The number of rotatable bonds is 4. The number of hydrogen-bond donors (Lipinski definition) is 2. The molecule has 1 aromatic carbocycles. The molecule has 2 N–H and O–H groups in total. The summed E-state index contributed by atoms with van der Waals surface area (Å²) in [7, 11) is 0. The molecule has 0 saturated heterocycles. The number of amides is 1. The number of hydrogen-bond acceptors (Lipinski definition) is 5. The minimum atomic E-state index is -0.443. The van der Waals surface area contributed by atoms with Crippen molar-refractivity contribution in [3.8, 4) is 5.69 Å². The number of halogens is 1. The van der Waals surface area contributed by atoms with Gasteiger partial charge in [-0.2, -0.15) is 0 Å². The molecule has 0 unspecified atom stereocenters. The average Bonchev–Trinajstić information content (AvgIpc) is 2.96. The van der Waals surface area contributed by atoms with Gasteiger partial charge in [-0.15, -0.1) is 5.10 Å². The van der Waals surface area contributed by atoms with Gasteiger partial charge in [-0.05, 0) is 43.3 Å². The van der Waals surface area contributed by atoms with Gasteiger partial charge in [0.2, 0.25) is 0 Å². The van der Waals surface area contributed by atoms with Crippen molar-refractivity contribution in [2.75, 3.05) is 5.43 Å². The number of nitrogens with one attached hydrogen (secondary N) is 2. The Morgan fingerprint density at radius 3 is 2.65 bits per heavy atom. The molecule has 0 aliphatic heterocycles. The van der Waals surface area contributed by atoms with Gasteiger partial charge in [0.05, 0.1) is 11.4 Å². The molecule has 8 heteroatoms.